The molecule has 0 heterocycles. The first-order chi connectivity index (χ1) is 15.8. The lowest BCUT2D eigenvalue weighted by Crippen LogP contribution is -2.42. The van der Waals surface area contributed by atoms with Crippen LogP contribution in [0.3, 0.4) is 0 Å². The predicted molar refractivity (Wildman–Crippen MR) is 135 cm³/mol. The van der Waals surface area contributed by atoms with Crippen molar-refractivity contribution in [2.24, 2.45) is 0 Å². The van der Waals surface area contributed by atoms with Gasteiger partial charge < -0.3 is 9.47 Å². The molecule has 1 atom stereocenters. The van der Waals surface area contributed by atoms with E-state index < -0.39 is 16.6 Å². The standard InChI is InChI=1S/C28H36O4S/c1-19-16-20(2)24(21(3)17-19)25(27(30)32-5)26(29)28(14-8-6-7-9-15-28)33-18-22-10-12-23(31-4)13-11-22/h10-13,16-17,25H,6-9,14-15,18H2,1-5H3. The van der Waals surface area contributed by atoms with Crippen LogP contribution in [0.15, 0.2) is 36.4 Å². The van der Waals surface area contributed by atoms with Crippen LogP contribution >= 0.6 is 11.8 Å². The number of carbonyl (C=O) groups excluding carboxylic acids is 2. The molecule has 33 heavy (non-hydrogen) atoms. The van der Waals surface area contributed by atoms with Gasteiger partial charge in [0, 0.05) is 5.75 Å². The maximum Gasteiger partial charge on any atom is 0.320 e. The van der Waals surface area contributed by atoms with E-state index in [1.165, 1.54) is 7.11 Å². The van der Waals surface area contributed by atoms with Gasteiger partial charge >= 0.3 is 5.97 Å². The van der Waals surface area contributed by atoms with E-state index in [2.05, 4.69) is 12.1 Å². The van der Waals surface area contributed by atoms with Gasteiger partial charge in [0.1, 0.15) is 11.7 Å². The number of methoxy groups -OCH3 is 2. The molecule has 0 saturated heterocycles. The summed E-state index contributed by atoms with van der Waals surface area (Å²) in [5.74, 6) is 0.195. The molecule has 1 unspecified atom stereocenters. The minimum atomic E-state index is -0.892. The molecule has 4 nitrogen and oxygen atoms in total. The fraction of sp³-hybridized carbons (Fsp3) is 0.500. The van der Waals surface area contributed by atoms with Crippen molar-refractivity contribution in [3.8, 4) is 5.75 Å². The van der Waals surface area contributed by atoms with Crippen LogP contribution in [0.25, 0.3) is 0 Å². The molecule has 0 spiro atoms. The zero-order valence-corrected chi connectivity index (χ0v) is 21.3. The van der Waals surface area contributed by atoms with Crippen LogP contribution in [0.1, 0.15) is 72.3 Å². The van der Waals surface area contributed by atoms with Gasteiger partial charge in [-0.25, -0.2) is 0 Å². The molecule has 2 aromatic rings. The number of Topliss-reactive ketones (excluding diaryl/α,β-unsaturated/α-hetero) is 1. The second-order valence-corrected chi connectivity index (χ2v) is 10.5. The molecule has 0 aromatic heterocycles. The van der Waals surface area contributed by atoms with E-state index in [1.54, 1.807) is 18.9 Å². The quantitative estimate of drug-likeness (QED) is 0.252. The van der Waals surface area contributed by atoms with E-state index in [9.17, 15) is 9.59 Å². The summed E-state index contributed by atoms with van der Waals surface area (Å²) in [6, 6.07) is 12.1. The lowest BCUT2D eigenvalue weighted by molar-refractivity contribution is -0.146. The Labute approximate surface area is 202 Å². The van der Waals surface area contributed by atoms with Crippen LogP contribution in [0.4, 0.5) is 0 Å². The number of ether oxygens (including phenoxy) is 2. The monoisotopic (exact) mass is 468 g/mol. The number of carbonyl (C=O) groups is 2. The third kappa shape index (κ3) is 5.81. The predicted octanol–water partition coefficient (Wildman–Crippen LogP) is 6.47. The van der Waals surface area contributed by atoms with Crippen LogP contribution in [0.5, 0.6) is 5.75 Å². The molecular weight excluding hydrogens is 432 g/mol. The number of benzene rings is 2. The summed E-state index contributed by atoms with van der Waals surface area (Å²) in [6.45, 7) is 6.02. The van der Waals surface area contributed by atoms with Crippen molar-refractivity contribution in [1.29, 1.82) is 0 Å². The highest BCUT2D eigenvalue weighted by atomic mass is 32.2. The lowest BCUT2D eigenvalue weighted by atomic mass is 9.79. The maximum atomic E-state index is 14.3. The number of esters is 1. The molecule has 0 radical (unpaired) electrons. The summed E-state index contributed by atoms with van der Waals surface area (Å²) in [6.07, 6.45) is 5.85. The Morgan fingerprint density at radius 3 is 2.03 bits per heavy atom. The van der Waals surface area contributed by atoms with Crippen molar-refractivity contribution in [1.82, 2.24) is 0 Å². The van der Waals surface area contributed by atoms with E-state index in [4.69, 9.17) is 9.47 Å². The minimum Gasteiger partial charge on any atom is -0.497 e. The Morgan fingerprint density at radius 1 is 0.939 bits per heavy atom. The van der Waals surface area contributed by atoms with E-state index in [0.29, 0.717) is 0 Å². The molecule has 0 aliphatic heterocycles. The van der Waals surface area contributed by atoms with Crippen LogP contribution in [-0.2, 0) is 20.1 Å². The van der Waals surface area contributed by atoms with Gasteiger partial charge in [-0.2, -0.15) is 0 Å². The number of ketones is 1. The van der Waals surface area contributed by atoms with Crippen molar-refractivity contribution in [2.75, 3.05) is 14.2 Å². The molecule has 2 aromatic carbocycles. The smallest absolute Gasteiger partial charge is 0.320 e. The Morgan fingerprint density at radius 2 is 1.52 bits per heavy atom. The summed E-state index contributed by atoms with van der Waals surface area (Å²) >= 11 is 1.70. The molecule has 0 bridgehead atoms. The molecule has 1 fully saturated rings. The zero-order chi connectivity index (χ0) is 24.0. The zero-order valence-electron chi connectivity index (χ0n) is 20.5. The van der Waals surface area contributed by atoms with Gasteiger partial charge in [-0.15, -0.1) is 11.8 Å². The first-order valence-electron chi connectivity index (χ1n) is 11.8. The number of rotatable bonds is 8. The Kier molecular flexibility index (Phi) is 8.63. The highest BCUT2D eigenvalue weighted by Crippen LogP contribution is 2.45. The molecule has 1 aliphatic carbocycles. The fourth-order valence-corrected chi connectivity index (χ4v) is 6.56. The minimum absolute atomic E-state index is 0.00446. The summed E-state index contributed by atoms with van der Waals surface area (Å²) in [5, 5.41) is 0. The van der Waals surface area contributed by atoms with Crippen molar-refractivity contribution >= 4 is 23.5 Å². The van der Waals surface area contributed by atoms with Crippen molar-refractivity contribution < 1.29 is 19.1 Å². The van der Waals surface area contributed by atoms with Gasteiger partial charge in [0.15, 0.2) is 5.78 Å². The highest BCUT2D eigenvalue weighted by molar-refractivity contribution is 8.00. The first kappa shape index (κ1) is 25.4. The Balaban J connectivity index is 1.99. The third-order valence-corrected chi connectivity index (χ3v) is 8.40. The molecule has 5 heteroatoms. The van der Waals surface area contributed by atoms with Crippen LogP contribution < -0.4 is 4.74 Å². The summed E-state index contributed by atoms with van der Waals surface area (Å²) < 4.78 is 9.88. The van der Waals surface area contributed by atoms with Crippen LogP contribution in [0, 0.1) is 20.8 Å². The summed E-state index contributed by atoms with van der Waals surface area (Å²) in [7, 11) is 3.04. The van der Waals surface area contributed by atoms with Crippen LogP contribution in [0.2, 0.25) is 0 Å². The molecule has 178 valence electrons. The van der Waals surface area contributed by atoms with Crippen molar-refractivity contribution in [3.63, 3.8) is 0 Å². The van der Waals surface area contributed by atoms with E-state index in [1.807, 2.05) is 45.0 Å². The molecule has 1 saturated carbocycles. The average molecular weight is 469 g/mol. The number of hydrogen-bond donors (Lipinski definition) is 0. The SMILES string of the molecule is COC(=O)C(C(=O)C1(SCc2ccc(OC)cc2)CCCCCC1)c1c(C)cc(C)cc1C. The normalized spacial score (nSPS) is 16.5. The maximum absolute atomic E-state index is 14.3. The fourth-order valence-electron chi connectivity index (χ4n) is 5.09. The number of aryl methyl sites for hydroxylation is 3. The lowest BCUT2D eigenvalue weighted by Gasteiger charge is -2.34. The molecular formula is C28H36O4S. The first-order valence-corrected chi connectivity index (χ1v) is 12.8. The van der Waals surface area contributed by atoms with Gasteiger partial charge in [-0.1, -0.05) is 55.5 Å². The Hall–Kier alpha value is -2.27. The second kappa shape index (κ2) is 11.2. The Bertz CT molecular complexity index is 949. The largest absolute Gasteiger partial charge is 0.497 e. The summed E-state index contributed by atoms with van der Waals surface area (Å²) in [5.41, 5.74) is 5.03. The molecule has 1 aliphatic rings. The molecule has 0 amide bonds. The average Bonchev–Trinajstić information content (AvgIpc) is 3.06. The van der Waals surface area contributed by atoms with Gasteiger partial charge in [-0.3, -0.25) is 9.59 Å². The van der Waals surface area contributed by atoms with E-state index in [0.717, 1.165) is 77.8 Å². The third-order valence-electron chi connectivity index (χ3n) is 6.76. The topological polar surface area (TPSA) is 52.6 Å². The van der Waals surface area contributed by atoms with Crippen molar-refractivity contribution in [2.45, 2.75) is 75.7 Å². The van der Waals surface area contributed by atoms with Gasteiger partial charge in [0.2, 0.25) is 0 Å². The second-order valence-electron chi connectivity index (χ2n) is 9.18. The highest BCUT2D eigenvalue weighted by Gasteiger charge is 2.46. The van der Waals surface area contributed by atoms with Crippen LogP contribution in [-0.4, -0.2) is 30.7 Å². The summed E-state index contributed by atoms with van der Waals surface area (Å²) in [4.78, 5) is 27.4. The van der Waals surface area contributed by atoms with Crippen molar-refractivity contribution in [3.05, 3.63) is 64.2 Å². The van der Waals surface area contributed by atoms with Gasteiger partial charge in [0.05, 0.1) is 19.0 Å². The van der Waals surface area contributed by atoms with E-state index >= 15 is 0 Å². The van der Waals surface area contributed by atoms with Gasteiger partial charge in [-0.05, 0) is 68.0 Å². The molecule has 3 rings (SSSR count). The number of hydrogen-bond acceptors (Lipinski definition) is 5. The molecule has 0 N–H and O–H groups in total. The number of thioether (sulfide) groups is 1. The van der Waals surface area contributed by atoms with Gasteiger partial charge in [0.25, 0.3) is 0 Å². The van der Waals surface area contributed by atoms with E-state index in [-0.39, 0.29) is 5.78 Å².